The standard InChI is InChI=1S/C16H21N7S/c1-17-15(18-8-14-11-23-5-6-24-16(23)20-14)22-4-3-12(10-22)13-7-19-21(2)9-13/h5-7,9,11-12H,3-4,8,10H2,1-2H3,(H,17,18). The third-order valence-corrected chi connectivity index (χ3v) is 5.24. The first kappa shape index (κ1) is 15.2. The summed E-state index contributed by atoms with van der Waals surface area (Å²) < 4.78 is 3.92. The fourth-order valence-corrected chi connectivity index (χ4v) is 3.96. The van der Waals surface area contributed by atoms with Crippen LogP contribution >= 0.6 is 11.3 Å². The van der Waals surface area contributed by atoms with Crippen LogP contribution in [0.2, 0.25) is 0 Å². The molecule has 0 spiro atoms. The van der Waals surface area contributed by atoms with E-state index in [1.165, 1.54) is 5.56 Å². The van der Waals surface area contributed by atoms with Gasteiger partial charge in [0.2, 0.25) is 0 Å². The molecule has 1 fully saturated rings. The summed E-state index contributed by atoms with van der Waals surface area (Å²) in [5, 5.41) is 9.77. The summed E-state index contributed by atoms with van der Waals surface area (Å²) in [6.07, 6.45) is 9.32. The number of nitrogens with one attached hydrogen (secondary N) is 1. The average Bonchev–Trinajstić information content (AvgIpc) is 3.30. The number of thiazole rings is 1. The van der Waals surface area contributed by atoms with Gasteiger partial charge >= 0.3 is 0 Å². The summed E-state index contributed by atoms with van der Waals surface area (Å²) in [5.74, 6) is 1.47. The zero-order chi connectivity index (χ0) is 16.5. The Morgan fingerprint density at radius 1 is 1.46 bits per heavy atom. The van der Waals surface area contributed by atoms with Crippen LogP contribution in [-0.2, 0) is 13.6 Å². The van der Waals surface area contributed by atoms with Gasteiger partial charge in [-0.3, -0.25) is 14.1 Å². The molecule has 0 radical (unpaired) electrons. The number of aromatic nitrogens is 4. The van der Waals surface area contributed by atoms with Crippen LogP contribution in [0, 0.1) is 0 Å². The highest BCUT2D eigenvalue weighted by Crippen LogP contribution is 2.26. The van der Waals surface area contributed by atoms with Crippen LogP contribution in [0.1, 0.15) is 23.6 Å². The summed E-state index contributed by atoms with van der Waals surface area (Å²) in [5.41, 5.74) is 2.34. The fourth-order valence-electron chi connectivity index (χ4n) is 3.24. The summed E-state index contributed by atoms with van der Waals surface area (Å²) in [4.78, 5) is 12.4. The second kappa shape index (κ2) is 6.27. The van der Waals surface area contributed by atoms with E-state index in [0.717, 1.165) is 36.1 Å². The molecule has 0 saturated carbocycles. The Morgan fingerprint density at radius 3 is 3.12 bits per heavy atom. The number of guanidine groups is 1. The van der Waals surface area contributed by atoms with Gasteiger partial charge in [0.05, 0.1) is 18.4 Å². The van der Waals surface area contributed by atoms with Gasteiger partial charge in [-0.05, 0) is 12.0 Å². The second-order valence-electron chi connectivity index (χ2n) is 6.10. The lowest BCUT2D eigenvalue weighted by molar-refractivity contribution is 0.485. The van der Waals surface area contributed by atoms with Crippen molar-refractivity contribution in [3.63, 3.8) is 0 Å². The van der Waals surface area contributed by atoms with Crippen molar-refractivity contribution in [1.29, 1.82) is 0 Å². The molecular weight excluding hydrogens is 322 g/mol. The molecule has 3 aromatic heterocycles. The predicted molar refractivity (Wildman–Crippen MR) is 95.4 cm³/mol. The molecule has 0 aliphatic carbocycles. The molecule has 1 aliphatic heterocycles. The average molecular weight is 343 g/mol. The normalized spacial score (nSPS) is 18.7. The summed E-state index contributed by atoms with van der Waals surface area (Å²) >= 11 is 1.65. The van der Waals surface area contributed by atoms with Gasteiger partial charge in [-0.2, -0.15) is 5.10 Å². The van der Waals surface area contributed by atoms with Crippen LogP contribution in [0.4, 0.5) is 0 Å². The van der Waals surface area contributed by atoms with Crippen LogP contribution in [-0.4, -0.2) is 50.2 Å². The molecule has 8 heteroatoms. The van der Waals surface area contributed by atoms with Crippen LogP contribution in [0.15, 0.2) is 35.2 Å². The van der Waals surface area contributed by atoms with Gasteiger partial charge in [0, 0.05) is 57.1 Å². The zero-order valence-corrected chi connectivity index (χ0v) is 14.7. The van der Waals surface area contributed by atoms with Crippen molar-refractivity contribution in [2.24, 2.45) is 12.0 Å². The minimum atomic E-state index is 0.523. The van der Waals surface area contributed by atoms with E-state index in [1.807, 2.05) is 36.6 Å². The summed E-state index contributed by atoms with van der Waals surface area (Å²) in [6.45, 7) is 2.68. The molecule has 7 nitrogen and oxygen atoms in total. The maximum Gasteiger partial charge on any atom is 0.193 e. The zero-order valence-electron chi connectivity index (χ0n) is 13.9. The summed E-state index contributed by atoms with van der Waals surface area (Å²) in [6, 6.07) is 0. The number of aliphatic imine (C=N–C) groups is 1. The Hall–Kier alpha value is -2.35. The predicted octanol–water partition coefficient (Wildman–Crippen LogP) is 1.69. The first-order chi connectivity index (χ1) is 11.7. The van der Waals surface area contributed by atoms with Crippen LogP contribution in [0.5, 0.6) is 0 Å². The van der Waals surface area contributed by atoms with Crippen molar-refractivity contribution < 1.29 is 0 Å². The monoisotopic (exact) mass is 343 g/mol. The van der Waals surface area contributed by atoms with Crippen molar-refractivity contribution >= 4 is 22.3 Å². The van der Waals surface area contributed by atoms with E-state index in [0.29, 0.717) is 12.5 Å². The second-order valence-corrected chi connectivity index (χ2v) is 6.98. The Balaban J connectivity index is 1.38. The number of aryl methyl sites for hydroxylation is 1. The van der Waals surface area contributed by atoms with Gasteiger partial charge < -0.3 is 10.2 Å². The third kappa shape index (κ3) is 2.89. The van der Waals surface area contributed by atoms with Crippen molar-refractivity contribution in [2.75, 3.05) is 20.1 Å². The number of likely N-dealkylation sites (tertiary alicyclic amines) is 1. The lowest BCUT2D eigenvalue weighted by atomic mass is 10.0. The number of hydrogen-bond donors (Lipinski definition) is 1. The van der Waals surface area contributed by atoms with Gasteiger partial charge in [0.15, 0.2) is 10.9 Å². The topological polar surface area (TPSA) is 62.8 Å². The van der Waals surface area contributed by atoms with Crippen molar-refractivity contribution in [3.05, 3.63) is 41.4 Å². The molecule has 0 amide bonds. The lowest BCUT2D eigenvalue weighted by Crippen LogP contribution is -2.39. The number of fused-ring (bicyclic) bond motifs is 1. The minimum absolute atomic E-state index is 0.523. The van der Waals surface area contributed by atoms with E-state index < -0.39 is 0 Å². The SMILES string of the molecule is CN=C(NCc1cn2ccsc2n1)N1CCC(c2cnn(C)c2)C1. The minimum Gasteiger partial charge on any atom is -0.351 e. The molecule has 1 saturated heterocycles. The van der Waals surface area contributed by atoms with Gasteiger partial charge in [0.1, 0.15) is 0 Å². The number of nitrogens with zero attached hydrogens (tertiary/aromatic N) is 6. The first-order valence-corrected chi connectivity index (χ1v) is 8.96. The molecule has 24 heavy (non-hydrogen) atoms. The molecule has 1 aliphatic rings. The maximum absolute atomic E-state index is 4.61. The highest BCUT2D eigenvalue weighted by molar-refractivity contribution is 7.15. The molecule has 0 aromatic carbocycles. The molecule has 3 aromatic rings. The van der Waals surface area contributed by atoms with E-state index in [4.69, 9.17) is 0 Å². The highest BCUT2D eigenvalue weighted by atomic mass is 32.1. The smallest absolute Gasteiger partial charge is 0.193 e. The quantitative estimate of drug-likeness (QED) is 0.581. The van der Waals surface area contributed by atoms with E-state index in [1.54, 1.807) is 11.3 Å². The number of rotatable bonds is 3. The Labute approximate surface area is 144 Å². The van der Waals surface area contributed by atoms with E-state index in [-0.39, 0.29) is 0 Å². The van der Waals surface area contributed by atoms with E-state index in [2.05, 4.69) is 42.1 Å². The molecule has 1 unspecified atom stereocenters. The fraction of sp³-hybridized carbons (Fsp3) is 0.438. The van der Waals surface area contributed by atoms with Crippen LogP contribution < -0.4 is 5.32 Å². The molecule has 4 heterocycles. The summed E-state index contributed by atoms with van der Waals surface area (Å²) in [7, 11) is 3.80. The highest BCUT2D eigenvalue weighted by Gasteiger charge is 2.26. The van der Waals surface area contributed by atoms with Crippen LogP contribution in [0.25, 0.3) is 4.96 Å². The van der Waals surface area contributed by atoms with E-state index in [9.17, 15) is 0 Å². The van der Waals surface area contributed by atoms with E-state index >= 15 is 0 Å². The van der Waals surface area contributed by atoms with Gasteiger partial charge in [-0.1, -0.05) is 0 Å². The third-order valence-electron chi connectivity index (χ3n) is 4.47. The van der Waals surface area contributed by atoms with Crippen molar-refractivity contribution in [2.45, 2.75) is 18.9 Å². The molecule has 1 N–H and O–H groups in total. The van der Waals surface area contributed by atoms with Gasteiger partial charge in [0.25, 0.3) is 0 Å². The number of hydrogen-bond acceptors (Lipinski definition) is 4. The maximum atomic E-state index is 4.61. The molecule has 4 rings (SSSR count). The lowest BCUT2D eigenvalue weighted by Gasteiger charge is -2.21. The van der Waals surface area contributed by atoms with Gasteiger partial charge in [-0.15, -0.1) is 11.3 Å². The largest absolute Gasteiger partial charge is 0.351 e. The van der Waals surface area contributed by atoms with Crippen LogP contribution in [0.3, 0.4) is 0 Å². The Kier molecular flexibility index (Phi) is 3.97. The van der Waals surface area contributed by atoms with Gasteiger partial charge in [-0.25, -0.2) is 4.98 Å². The molecule has 126 valence electrons. The Morgan fingerprint density at radius 2 is 2.38 bits per heavy atom. The van der Waals surface area contributed by atoms with Crippen molar-refractivity contribution in [3.8, 4) is 0 Å². The first-order valence-electron chi connectivity index (χ1n) is 8.08. The molecule has 0 bridgehead atoms. The molecule has 1 atom stereocenters. The Bertz CT molecular complexity index is 830. The number of imidazole rings is 1. The van der Waals surface area contributed by atoms with Crippen molar-refractivity contribution in [1.82, 2.24) is 29.4 Å². The molecular formula is C16H21N7S.